The number of thiophene rings is 1. The van der Waals surface area contributed by atoms with Crippen LogP contribution in [0.4, 0.5) is 0 Å². The number of aliphatic hydroxyl groups excluding tert-OH is 1. The van der Waals surface area contributed by atoms with E-state index in [-0.39, 0.29) is 18.6 Å². The summed E-state index contributed by atoms with van der Waals surface area (Å²) in [4.78, 5) is 19.3. The van der Waals surface area contributed by atoms with Gasteiger partial charge in [0.2, 0.25) is 0 Å². The summed E-state index contributed by atoms with van der Waals surface area (Å²) in [5.74, 6) is 0.955. The highest BCUT2D eigenvalue weighted by Gasteiger charge is 2.26. The fourth-order valence-corrected chi connectivity index (χ4v) is 4.85. The van der Waals surface area contributed by atoms with E-state index in [1.165, 1.54) is 10.6 Å². The highest BCUT2D eigenvalue weighted by molar-refractivity contribution is 7.14. The van der Waals surface area contributed by atoms with E-state index >= 15 is 0 Å². The smallest absolute Gasteiger partial charge is 0.261 e. The number of nitrogens with one attached hydrogen (secondary N) is 1. The number of aliphatic hydroxyl groups is 1. The number of aromatic nitrogens is 2. The lowest BCUT2D eigenvalue weighted by Gasteiger charge is -2.23. The number of aryl methyl sites for hydroxylation is 1. The van der Waals surface area contributed by atoms with Crippen molar-refractivity contribution in [3.63, 3.8) is 0 Å². The minimum absolute atomic E-state index is 0.0133. The van der Waals surface area contributed by atoms with Gasteiger partial charge in [0.15, 0.2) is 0 Å². The van der Waals surface area contributed by atoms with E-state index < -0.39 is 0 Å². The zero-order chi connectivity index (χ0) is 17.4. The van der Waals surface area contributed by atoms with Gasteiger partial charge in [0, 0.05) is 36.0 Å². The Kier molecular flexibility index (Phi) is 4.62. The van der Waals surface area contributed by atoms with E-state index in [1.807, 2.05) is 13.0 Å². The molecule has 0 saturated carbocycles. The molecule has 2 aromatic rings. The van der Waals surface area contributed by atoms with Gasteiger partial charge in [-0.3, -0.25) is 4.79 Å². The molecule has 1 unspecified atom stereocenters. The fraction of sp³-hybridized carbons (Fsp3) is 0.556. The summed E-state index contributed by atoms with van der Waals surface area (Å²) in [7, 11) is 0. The fourth-order valence-electron chi connectivity index (χ4n) is 3.80. The van der Waals surface area contributed by atoms with Crippen molar-refractivity contribution in [2.24, 2.45) is 0 Å². The number of rotatable bonds is 4. The van der Waals surface area contributed by atoms with Crippen LogP contribution in [0.2, 0.25) is 0 Å². The van der Waals surface area contributed by atoms with E-state index in [2.05, 4.69) is 14.9 Å². The number of ether oxygens (including phenoxy) is 1. The monoisotopic (exact) mass is 361 g/mol. The summed E-state index contributed by atoms with van der Waals surface area (Å²) in [5, 5.41) is 12.4. The molecular weight excluding hydrogens is 338 g/mol. The van der Waals surface area contributed by atoms with Crippen LogP contribution in [-0.4, -0.2) is 39.8 Å². The van der Waals surface area contributed by atoms with Gasteiger partial charge in [0.25, 0.3) is 5.91 Å². The maximum absolute atomic E-state index is 12.6. The van der Waals surface area contributed by atoms with Crippen molar-refractivity contribution in [1.29, 1.82) is 0 Å². The van der Waals surface area contributed by atoms with Gasteiger partial charge in [-0.1, -0.05) is 0 Å². The SMILES string of the molecule is Cc1nc2c(n1CCO)CCC(NC(=O)c1cc3c(s1)CCOC3)C2. The lowest BCUT2D eigenvalue weighted by Crippen LogP contribution is -2.38. The molecule has 3 heterocycles. The molecular formula is C18H23N3O3S. The number of carbonyl (C=O) groups excluding carboxylic acids is 1. The Bertz CT molecular complexity index is 772. The average Bonchev–Trinajstić information content (AvgIpc) is 3.16. The Hall–Kier alpha value is -1.70. The summed E-state index contributed by atoms with van der Waals surface area (Å²) < 4.78 is 7.56. The van der Waals surface area contributed by atoms with Crippen molar-refractivity contribution in [2.45, 2.75) is 51.8 Å². The lowest BCUT2D eigenvalue weighted by molar-refractivity contribution is 0.0937. The van der Waals surface area contributed by atoms with Crippen LogP contribution in [0.1, 0.15) is 43.7 Å². The second-order valence-corrected chi connectivity index (χ2v) is 7.84. The third-order valence-electron chi connectivity index (χ3n) is 5.03. The van der Waals surface area contributed by atoms with Crippen LogP contribution < -0.4 is 5.32 Å². The summed E-state index contributed by atoms with van der Waals surface area (Å²) in [6.07, 6.45) is 3.45. The van der Waals surface area contributed by atoms with Gasteiger partial charge in [-0.25, -0.2) is 4.98 Å². The quantitative estimate of drug-likeness (QED) is 0.867. The van der Waals surface area contributed by atoms with Crippen LogP contribution in [0.3, 0.4) is 0 Å². The molecule has 4 rings (SSSR count). The van der Waals surface area contributed by atoms with Crippen molar-refractivity contribution in [1.82, 2.24) is 14.9 Å². The number of imidazole rings is 1. The first-order valence-electron chi connectivity index (χ1n) is 8.81. The van der Waals surface area contributed by atoms with Crippen molar-refractivity contribution in [2.75, 3.05) is 13.2 Å². The minimum Gasteiger partial charge on any atom is -0.395 e. The van der Waals surface area contributed by atoms with Crippen LogP contribution in [0.15, 0.2) is 6.07 Å². The van der Waals surface area contributed by atoms with E-state index in [4.69, 9.17) is 4.74 Å². The molecule has 0 fully saturated rings. The summed E-state index contributed by atoms with van der Waals surface area (Å²) >= 11 is 1.59. The molecule has 1 atom stereocenters. The molecule has 0 bridgehead atoms. The van der Waals surface area contributed by atoms with Crippen molar-refractivity contribution in [3.05, 3.63) is 38.6 Å². The molecule has 1 aliphatic heterocycles. The van der Waals surface area contributed by atoms with E-state index in [0.29, 0.717) is 13.2 Å². The van der Waals surface area contributed by atoms with Crippen LogP contribution in [0.5, 0.6) is 0 Å². The van der Waals surface area contributed by atoms with Gasteiger partial charge in [-0.2, -0.15) is 0 Å². The molecule has 0 saturated heterocycles. The molecule has 2 N–H and O–H groups in total. The highest BCUT2D eigenvalue weighted by Crippen LogP contribution is 2.28. The average molecular weight is 361 g/mol. The normalized spacial score (nSPS) is 19.4. The molecule has 1 amide bonds. The summed E-state index contributed by atoms with van der Waals surface area (Å²) in [6.45, 7) is 4.05. The number of hydrogen-bond acceptors (Lipinski definition) is 5. The molecule has 25 heavy (non-hydrogen) atoms. The zero-order valence-corrected chi connectivity index (χ0v) is 15.2. The Morgan fingerprint density at radius 2 is 2.40 bits per heavy atom. The number of carbonyl (C=O) groups is 1. The van der Waals surface area contributed by atoms with Crippen LogP contribution in [0.25, 0.3) is 0 Å². The second-order valence-electron chi connectivity index (χ2n) is 6.70. The van der Waals surface area contributed by atoms with Crippen molar-refractivity contribution >= 4 is 17.2 Å². The van der Waals surface area contributed by atoms with E-state index in [1.54, 1.807) is 11.3 Å². The van der Waals surface area contributed by atoms with Gasteiger partial charge >= 0.3 is 0 Å². The van der Waals surface area contributed by atoms with E-state index in [0.717, 1.165) is 54.2 Å². The van der Waals surface area contributed by atoms with Gasteiger partial charge in [0.1, 0.15) is 5.82 Å². The number of hydrogen-bond donors (Lipinski definition) is 2. The van der Waals surface area contributed by atoms with Crippen LogP contribution in [0, 0.1) is 6.92 Å². The molecule has 2 aliphatic rings. The molecule has 0 aromatic carbocycles. The van der Waals surface area contributed by atoms with Crippen LogP contribution in [-0.2, 0) is 37.2 Å². The number of amides is 1. The Labute approximate surface area is 150 Å². The van der Waals surface area contributed by atoms with Crippen molar-refractivity contribution in [3.8, 4) is 0 Å². The molecule has 7 heteroatoms. The predicted molar refractivity (Wildman–Crippen MR) is 95.0 cm³/mol. The highest BCUT2D eigenvalue weighted by atomic mass is 32.1. The molecule has 2 aromatic heterocycles. The Balaban J connectivity index is 1.44. The maximum atomic E-state index is 12.6. The molecule has 6 nitrogen and oxygen atoms in total. The third-order valence-corrected chi connectivity index (χ3v) is 6.26. The molecule has 1 aliphatic carbocycles. The first-order chi connectivity index (χ1) is 12.2. The first-order valence-corrected chi connectivity index (χ1v) is 9.63. The topological polar surface area (TPSA) is 76.4 Å². The third kappa shape index (κ3) is 3.23. The first kappa shape index (κ1) is 16.8. The van der Waals surface area contributed by atoms with Crippen molar-refractivity contribution < 1.29 is 14.6 Å². The van der Waals surface area contributed by atoms with Gasteiger partial charge in [-0.15, -0.1) is 11.3 Å². The largest absolute Gasteiger partial charge is 0.395 e. The number of fused-ring (bicyclic) bond motifs is 2. The molecule has 134 valence electrons. The van der Waals surface area contributed by atoms with E-state index in [9.17, 15) is 9.90 Å². The van der Waals surface area contributed by atoms with Gasteiger partial charge in [-0.05, 0) is 31.4 Å². The van der Waals surface area contributed by atoms with Gasteiger partial charge in [0.05, 0.1) is 30.4 Å². The predicted octanol–water partition coefficient (Wildman–Crippen LogP) is 1.61. The molecule has 0 spiro atoms. The second kappa shape index (κ2) is 6.90. The minimum atomic E-state index is 0.0133. The van der Waals surface area contributed by atoms with Crippen LogP contribution >= 0.6 is 11.3 Å². The maximum Gasteiger partial charge on any atom is 0.261 e. The lowest BCUT2D eigenvalue weighted by atomic mass is 9.95. The number of nitrogens with zero attached hydrogens (tertiary/aromatic N) is 2. The van der Waals surface area contributed by atoms with Gasteiger partial charge < -0.3 is 19.7 Å². The Morgan fingerprint density at radius 3 is 3.20 bits per heavy atom. The summed E-state index contributed by atoms with van der Waals surface area (Å²) in [6, 6.07) is 2.09. The standard InChI is InChI=1S/C18H23N3O3S/c1-11-19-14-9-13(2-3-15(14)21(11)5-6-22)20-18(23)17-8-12-10-24-7-4-16(12)25-17/h8,13,22H,2-7,9-10H2,1H3,(H,20,23). The zero-order valence-electron chi connectivity index (χ0n) is 14.4. The molecule has 0 radical (unpaired) electrons. The summed E-state index contributed by atoms with van der Waals surface area (Å²) in [5.41, 5.74) is 3.42. The Morgan fingerprint density at radius 1 is 1.52 bits per heavy atom.